The quantitative estimate of drug-likeness (QED) is 0.753. The lowest BCUT2D eigenvalue weighted by Gasteiger charge is -2.18. The molecule has 1 saturated heterocycles. The average Bonchev–Trinajstić information content (AvgIpc) is 2.68. The van der Waals surface area contributed by atoms with Crippen LogP contribution in [0.5, 0.6) is 5.75 Å². The Morgan fingerprint density at radius 2 is 2.20 bits per heavy atom. The normalized spacial score (nSPS) is 16.6. The van der Waals surface area contributed by atoms with E-state index in [1.54, 1.807) is 0 Å². The maximum absolute atomic E-state index is 11.4. The van der Waals surface area contributed by atoms with Crippen molar-refractivity contribution in [2.45, 2.75) is 19.4 Å². The second-order valence-corrected chi connectivity index (χ2v) is 4.99. The van der Waals surface area contributed by atoms with Crippen molar-refractivity contribution in [1.29, 1.82) is 0 Å². The molecule has 0 unspecified atom stereocenters. The van der Waals surface area contributed by atoms with E-state index in [2.05, 4.69) is 10.2 Å². The van der Waals surface area contributed by atoms with E-state index in [1.165, 1.54) is 0 Å². The van der Waals surface area contributed by atoms with Crippen molar-refractivity contribution in [1.82, 2.24) is 10.2 Å². The van der Waals surface area contributed by atoms with Gasteiger partial charge in [0, 0.05) is 31.7 Å². The average molecular weight is 277 g/mol. The minimum Gasteiger partial charge on any atom is -0.493 e. The maximum atomic E-state index is 11.4. The number of benzene rings is 1. The number of hydrogen-bond acceptors (Lipinski definition) is 4. The van der Waals surface area contributed by atoms with Gasteiger partial charge in [-0.3, -0.25) is 9.69 Å². The molecule has 1 amide bonds. The van der Waals surface area contributed by atoms with Gasteiger partial charge in [0.05, 0.1) is 13.2 Å². The number of nitrogens with zero attached hydrogens (tertiary/aromatic N) is 1. The van der Waals surface area contributed by atoms with Crippen LogP contribution < -0.4 is 15.8 Å². The molecule has 0 aromatic heterocycles. The van der Waals surface area contributed by atoms with Crippen molar-refractivity contribution < 1.29 is 9.53 Å². The van der Waals surface area contributed by atoms with Crippen LogP contribution in [0.2, 0.25) is 0 Å². The van der Waals surface area contributed by atoms with Gasteiger partial charge in [0.1, 0.15) is 5.75 Å². The van der Waals surface area contributed by atoms with Crippen LogP contribution in [0.1, 0.15) is 18.4 Å². The van der Waals surface area contributed by atoms with Crippen LogP contribution in [0.15, 0.2) is 24.3 Å². The molecule has 110 valence electrons. The van der Waals surface area contributed by atoms with Crippen molar-refractivity contribution >= 4 is 5.91 Å². The highest BCUT2D eigenvalue weighted by molar-refractivity contribution is 5.78. The van der Waals surface area contributed by atoms with Gasteiger partial charge in [-0.25, -0.2) is 0 Å². The SMILES string of the molecule is NCc1ccccc1OCCCN1CCCNC(=O)C1. The fourth-order valence-corrected chi connectivity index (χ4v) is 2.34. The van der Waals surface area contributed by atoms with Gasteiger partial charge >= 0.3 is 0 Å². The number of ether oxygens (including phenoxy) is 1. The zero-order valence-corrected chi connectivity index (χ0v) is 11.8. The molecule has 2 rings (SSSR count). The van der Waals surface area contributed by atoms with Gasteiger partial charge in [-0.2, -0.15) is 0 Å². The lowest BCUT2D eigenvalue weighted by atomic mass is 10.2. The van der Waals surface area contributed by atoms with E-state index in [9.17, 15) is 4.79 Å². The lowest BCUT2D eigenvalue weighted by Crippen LogP contribution is -2.34. The Kier molecular flexibility index (Phi) is 5.83. The Hall–Kier alpha value is -1.59. The number of amides is 1. The Morgan fingerprint density at radius 1 is 1.35 bits per heavy atom. The number of rotatable bonds is 6. The van der Waals surface area contributed by atoms with Gasteiger partial charge in [0.2, 0.25) is 5.91 Å². The highest BCUT2D eigenvalue weighted by Gasteiger charge is 2.13. The second-order valence-electron chi connectivity index (χ2n) is 4.99. The smallest absolute Gasteiger partial charge is 0.234 e. The summed E-state index contributed by atoms with van der Waals surface area (Å²) < 4.78 is 5.77. The summed E-state index contributed by atoms with van der Waals surface area (Å²) in [5.74, 6) is 0.987. The molecule has 0 saturated carbocycles. The predicted octanol–water partition coefficient (Wildman–Crippen LogP) is 0.736. The van der Waals surface area contributed by atoms with E-state index in [1.807, 2.05) is 24.3 Å². The summed E-state index contributed by atoms with van der Waals surface area (Å²) in [5.41, 5.74) is 6.70. The Balaban J connectivity index is 1.72. The molecule has 1 fully saturated rings. The molecule has 5 nitrogen and oxygen atoms in total. The third-order valence-corrected chi connectivity index (χ3v) is 3.41. The molecule has 3 N–H and O–H groups in total. The van der Waals surface area contributed by atoms with E-state index in [0.717, 1.165) is 43.8 Å². The molecule has 0 aliphatic carbocycles. The molecule has 1 aromatic rings. The highest BCUT2D eigenvalue weighted by Crippen LogP contribution is 2.17. The number of carbonyl (C=O) groups excluding carboxylic acids is 1. The van der Waals surface area contributed by atoms with Crippen LogP contribution in [-0.4, -0.2) is 43.6 Å². The molecular formula is C15H23N3O2. The molecule has 1 aliphatic heterocycles. The third kappa shape index (κ3) is 4.51. The predicted molar refractivity (Wildman–Crippen MR) is 78.5 cm³/mol. The first-order valence-electron chi connectivity index (χ1n) is 7.19. The first-order chi connectivity index (χ1) is 9.79. The van der Waals surface area contributed by atoms with Crippen LogP contribution >= 0.6 is 0 Å². The molecule has 20 heavy (non-hydrogen) atoms. The summed E-state index contributed by atoms with van der Waals surface area (Å²) in [6.07, 6.45) is 1.93. The lowest BCUT2D eigenvalue weighted by molar-refractivity contribution is -0.121. The van der Waals surface area contributed by atoms with Crippen LogP contribution in [0.25, 0.3) is 0 Å². The largest absolute Gasteiger partial charge is 0.493 e. The Bertz CT molecular complexity index is 437. The zero-order chi connectivity index (χ0) is 14.2. The van der Waals surface area contributed by atoms with Crippen molar-refractivity contribution in [2.24, 2.45) is 5.73 Å². The molecular weight excluding hydrogens is 254 g/mol. The maximum Gasteiger partial charge on any atom is 0.234 e. The summed E-state index contributed by atoms with van der Waals surface area (Å²) in [6, 6.07) is 7.84. The zero-order valence-electron chi connectivity index (χ0n) is 11.8. The molecule has 0 atom stereocenters. The van der Waals surface area contributed by atoms with Gasteiger partial charge in [-0.1, -0.05) is 18.2 Å². The van der Waals surface area contributed by atoms with Crippen molar-refractivity contribution in [3.63, 3.8) is 0 Å². The third-order valence-electron chi connectivity index (χ3n) is 3.41. The molecule has 0 bridgehead atoms. The Morgan fingerprint density at radius 3 is 3.05 bits per heavy atom. The second kappa shape index (κ2) is 7.87. The van der Waals surface area contributed by atoms with E-state index < -0.39 is 0 Å². The van der Waals surface area contributed by atoms with Gasteiger partial charge in [-0.05, 0) is 18.9 Å². The minimum absolute atomic E-state index is 0.122. The molecule has 0 radical (unpaired) electrons. The highest BCUT2D eigenvalue weighted by atomic mass is 16.5. The topological polar surface area (TPSA) is 67.6 Å². The van der Waals surface area contributed by atoms with E-state index in [-0.39, 0.29) is 5.91 Å². The van der Waals surface area contributed by atoms with Crippen molar-refractivity contribution in [3.05, 3.63) is 29.8 Å². The molecule has 0 spiro atoms. The van der Waals surface area contributed by atoms with Crippen LogP contribution in [0.4, 0.5) is 0 Å². The number of para-hydroxylation sites is 1. The summed E-state index contributed by atoms with van der Waals surface area (Å²) in [7, 11) is 0. The monoisotopic (exact) mass is 277 g/mol. The summed E-state index contributed by atoms with van der Waals surface area (Å²) in [5, 5.41) is 2.88. The van der Waals surface area contributed by atoms with E-state index in [0.29, 0.717) is 19.7 Å². The minimum atomic E-state index is 0.122. The first-order valence-corrected chi connectivity index (χ1v) is 7.19. The van der Waals surface area contributed by atoms with Gasteiger partial charge in [-0.15, -0.1) is 0 Å². The van der Waals surface area contributed by atoms with Crippen LogP contribution in [0, 0.1) is 0 Å². The fraction of sp³-hybridized carbons (Fsp3) is 0.533. The summed E-state index contributed by atoms with van der Waals surface area (Å²) >= 11 is 0. The van der Waals surface area contributed by atoms with Crippen molar-refractivity contribution in [3.8, 4) is 5.75 Å². The van der Waals surface area contributed by atoms with Gasteiger partial charge in [0.15, 0.2) is 0 Å². The van der Waals surface area contributed by atoms with Gasteiger partial charge < -0.3 is 15.8 Å². The summed E-state index contributed by atoms with van der Waals surface area (Å²) in [6.45, 7) is 4.28. The molecule has 1 aliphatic rings. The number of carbonyl (C=O) groups is 1. The Labute approximate surface area is 120 Å². The summed E-state index contributed by atoms with van der Waals surface area (Å²) in [4.78, 5) is 13.6. The number of nitrogens with one attached hydrogen (secondary N) is 1. The molecule has 5 heteroatoms. The molecule has 1 heterocycles. The first kappa shape index (κ1) is 14.8. The van der Waals surface area contributed by atoms with Crippen molar-refractivity contribution in [2.75, 3.05) is 32.8 Å². The standard InChI is InChI=1S/C15H23N3O2/c16-11-13-5-1-2-6-14(13)20-10-4-9-18-8-3-7-17-15(19)12-18/h1-2,5-6H,3-4,7-12,16H2,(H,17,19). The van der Waals surface area contributed by atoms with Gasteiger partial charge in [0.25, 0.3) is 0 Å². The number of hydrogen-bond donors (Lipinski definition) is 2. The van der Waals surface area contributed by atoms with E-state index in [4.69, 9.17) is 10.5 Å². The van der Waals surface area contributed by atoms with E-state index >= 15 is 0 Å². The fourth-order valence-electron chi connectivity index (χ4n) is 2.34. The molecule has 1 aromatic carbocycles. The van der Waals surface area contributed by atoms with Crippen LogP contribution in [-0.2, 0) is 11.3 Å². The van der Waals surface area contributed by atoms with Crippen LogP contribution in [0.3, 0.4) is 0 Å². The number of nitrogens with two attached hydrogens (primary N) is 1.